The minimum absolute atomic E-state index is 0.205. The summed E-state index contributed by atoms with van der Waals surface area (Å²) in [4.78, 5) is 11.8. The summed E-state index contributed by atoms with van der Waals surface area (Å²) < 4.78 is 10.5. The summed E-state index contributed by atoms with van der Waals surface area (Å²) in [6.07, 6.45) is 0. The van der Waals surface area contributed by atoms with E-state index < -0.39 is 5.97 Å². The lowest BCUT2D eigenvalue weighted by Crippen LogP contribution is -2.11. The predicted molar refractivity (Wildman–Crippen MR) is 82.7 cm³/mol. The molecular weight excluding hydrogens is 290 g/mol. The Morgan fingerprint density at radius 2 is 2.05 bits per heavy atom. The molecule has 110 valence electrons. The zero-order valence-corrected chi connectivity index (χ0v) is 12.6. The van der Waals surface area contributed by atoms with E-state index in [-0.39, 0.29) is 6.61 Å². The molecular formula is C16H16ClNO3. The van der Waals surface area contributed by atoms with Crippen LogP contribution in [0.3, 0.4) is 0 Å². The van der Waals surface area contributed by atoms with Crippen molar-refractivity contribution in [2.75, 3.05) is 12.8 Å². The third-order valence-electron chi connectivity index (χ3n) is 3.11. The lowest BCUT2D eigenvalue weighted by Gasteiger charge is -2.13. The highest BCUT2D eigenvalue weighted by Crippen LogP contribution is 2.25. The predicted octanol–water partition coefficient (Wildman–Crippen LogP) is 3.60. The van der Waals surface area contributed by atoms with Crippen molar-refractivity contribution >= 4 is 23.3 Å². The molecule has 4 nitrogen and oxygen atoms in total. The first-order valence-corrected chi connectivity index (χ1v) is 6.75. The van der Waals surface area contributed by atoms with Crippen LogP contribution in [-0.4, -0.2) is 13.1 Å². The lowest BCUT2D eigenvalue weighted by atomic mass is 10.1. The average Bonchev–Trinajstić information content (AvgIpc) is 2.47. The number of benzene rings is 2. The van der Waals surface area contributed by atoms with Gasteiger partial charge >= 0.3 is 5.97 Å². The van der Waals surface area contributed by atoms with Crippen molar-refractivity contribution in [3.63, 3.8) is 0 Å². The topological polar surface area (TPSA) is 61.5 Å². The number of carbonyl (C=O) groups excluding carboxylic acids is 1. The van der Waals surface area contributed by atoms with Gasteiger partial charge in [0.15, 0.2) is 0 Å². The van der Waals surface area contributed by atoms with Gasteiger partial charge in [-0.25, -0.2) is 4.79 Å². The van der Waals surface area contributed by atoms with Crippen LogP contribution >= 0.6 is 11.6 Å². The summed E-state index contributed by atoms with van der Waals surface area (Å²) in [5, 5.41) is 0.594. The average molecular weight is 306 g/mol. The van der Waals surface area contributed by atoms with Crippen LogP contribution in [0.15, 0.2) is 36.4 Å². The number of hydrogen-bond donors (Lipinski definition) is 1. The SMILES string of the molecule is COC(=O)c1c(N)cccc1COc1cc(Cl)ccc1C. The molecule has 0 aliphatic carbocycles. The molecule has 2 rings (SSSR count). The Balaban J connectivity index is 2.26. The summed E-state index contributed by atoms with van der Waals surface area (Å²) in [5.41, 5.74) is 8.17. The quantitative estimate of drug-likeness (QED) is 0.692. The number of rotatable bonds is 4. The van der Waals surface area contributed by atoms with E-state index in [1.807, 2.05) is 13.0 Å². The van der Waals surface area contributed by atoms with Gasteiger partial charge in [0.1, 0.15) is 12.4 Å². The normalized spacial score (nSPS) is 10.2. The molecule has 0 aromatic heterocycles. The van der Waals surface area contributed by atoms with Crippen molar-refractivity contribution in [3.8, 4) is 5.75 Å². The highest BCUT2D eigenvalue weighted by atomic mass is 35.5. The van der Waals surface area contributed by atoms with Crippen molar-refractivity contribution < 1.29 is 14.3 Å². The van der Waals surface area contributed by atoms with Crippen LogP contribution < -0.4 is 10.5 Å². The lowest BCUT2D eigenvalue weighted by molar-refractivity contribution is 0.0599. The molecule has 0 unspecified atom stereocenters. The number of halogens is 1. The van der Waals surface area contributed by atoms with Gasteiger partial charge in [-0.1, -0.05) is 29.8 Å². The van der Waals surface area contributed by atoms with Gasteiger partial charge in [0.25, 0.3) is 0 Å². The summed E-state index contributed by atoms with van der Waals surface area (Å²) in [5.74, 6) is 0.190. The maximum absolute atomic E-state index is 11.8. The summed E-state index contributed by atoms with van der Waals surface area (Å²) >= 11 is 5.95. The van der Waals surface area contributed by atoms with Crippen molar-refractivity contribution in [1.29, 1.82) is 0 Å². The Kier molecular flexibility index (Phi) is 4.70. The third-order valence-corrected chi connectivity index (χ3v) is 3.34. The monoisotopic (exact) mass is 305 g/mol. The third kappa shape index (κ3) is 3.47. The van der Waals surface area contributed by atoms with E-state index >= 15 is 0 Å². The van der Waals surface area contributed by atoms with E-state index in [1.165, 1.54) is 7.11 Å². The second-order valence-electron chi connectivity index (χ2n) is 4.57. The number of ether oxygens (including phenoxy) is 2. The number of aryl methyl sites for hydroxylation is 1. The first-order chi connectivity index (χ1) is 10.0. The van der Waals surface area contributed by atoms with Gasteiger partial charge in [0, 0.05) is 16.3 Å². The van der Waals surface area contributed by atoms with E-state index in [0.29, 0.717) is 27.6 Å². The van der Waals surface area contributed by atoms with Gasteiger partial charge in [-0.3, -0.25) is 0 Å². The highest BCUT2D eigenvalue weighted by Gasteiger charge is 2.16. The molecule has 0 saturated carbocycles. The van der Waals surface area contributed by atoms with Gasteiger partial charge in [0.05, 0.1) is 12.7 Å². The Hall–Kier alpha value is -2.20. The van der Waals surface area contributed by atoms with Gasteiger partial charge < -0.3 is 15.2 Å². The van der Waals surface area contributed by atoms with Gasteiger partial charge in [-0.15, -0.1) is 0 Å². The van der Waals surface area contributed by atoms with E-state index in [1.54, 1.807) is 30.3 Å². The smallest absolute Gasteiger partial charge is 0.340 e. The minimum atomic E-state index is -0.477. The number of anilines is 1. The molecule has 0 fully saturated rings. The Labute approximate surface area is 128 Å². The summed E-state index contributed by atoms with van der Waals surface area (Å²) in [6, 6.07) is 10.6. The molecule has 0 aliphatic heterocycles. The molecule has 0 atom stereocenters. The van der Waals surface area contributed by atoms with Crippen molar-refractivity contribution in [2.24, 2.45) is 0 Å². The Morgan fingerprint density at radius 1 is 1.29 bits per heavy atom. The second kappa shape index (κ2) is 6.50. The Morgan fingerprint density at radius 3 is 2.76 bits per heavy atom. The standard InChI is InChI=1S/C16H16ClNO3/c1-10-6-7-12(17)8-14(10)21-9-11-4-3-5-13(18)15(11)16(19)20-2/h3-8H,9,18H2,1-2H3. The van der Waals surface area contributed by atoms with Crippen LogP contribution in [0.4, 0.5) is 5.69 Å². The number of nitrogens with two attached hydrogens (primary N) is 1. The molecule has 0 aliphatic rings. The van der Waals surface area contributed by atoms with Gasteiger partial charge in [-0.2, -0.15) is 0 Å². The van der Waals surface area contributed by atoms with Crippen LogP contribution in [0.5, 0.6) is 5.75 Å². The fraction of sp³-hybridized carbons (Fsp3) is 0.188. The number of carbonyl (C=O) groups is 1. The van der Waals surface area contributed by atoms with Crippen LogP contribution in [0.25, 0.3) is 0 Å². The largest absolute Gasteiger partial charge is 0.489 e. The molecule has 0 radical (unpaired) electrons. The second-order valence-corrected chi connectivity index (χ2v) is 5.01. The fourth-order valence-electron chi connectivity index (χ4n) is 1.98. The molecule has 0 bridgehead atoms. The van der Waals surface area contributed by atoms with Crippen molar-refractivity contribution in [2.45, 2.75) is 13.5 Å². The Bertz CT molecular complexity index is 671. The molecule has 2 aromatic rings. The first kappa shape index (κ1) is 15.2. The minimum Gasteiger partial charge on any atom is -0.489 e. The van der Waals surface area contributed by atoms with Crippen LogP contribution in [-0.2, 0) is 11.3 Å². The highest BCUT2D eigenvalue weighted by molar-refractivity contribution is 6.30. The summed E-state index contributed by atoms with van der Waals surface area (Å²) in [6.45, 7) is 2.13. The number of hydrogen-bond acceptors (Lipinski definition) is 4. The molecule has 21 heavy (non-hydrogen) atoms. The van der Waals surface area contributed by atoms with Crippen LogP contribution in [0.1, 0.15) is 21.5 Å². The molecule has 0 heterocycles. The molecule has 2 aromatic carbocycles. The number of methoxy groups -OCH3 is 1. The van der Waals surface area contributed by atoms with E-state index in [4.69, 9.17) is 26.8 Å². The summed E-state index contributed by atoms with van der Waals surface area (Å²) in [7, 11) is 1.32. The number of esters is 1. The van der Waals surface area contributed by atoms with Crippen molar-refractivity contribution in [1.82, 2.24) is 0 Å². The van der Waals surface area contributed by atoms with Gasteiger partial charge in [-0.05, 0) is 30.7 Å². The zero-order chi connectivity index (χ0) is 15.4. The fourth-order valence-corrected chi connectivity index (χ4v) is 2.14. The van der Waals surface area contributed by atoms with Crippen molar-refractivity contribution in [3.05, 3.63) is 58.1 Å². The molecule has 0 amide bonds. The van der Waals surface area contributed by atoms with Crippen LogP contribution in [0, 0.1) is 6.92 Å². The molecule has 5 heteroatoms. The zero-order valence-electron chi connectivity index (χ0n) is 11.9. The van der Waals surface area contributed by atoms with E-state index in [2.05, 4.69) is 0 Å². The molecule has 0 saturated heterocycles. The van der Waals surface area contributed by atoms with E-state index in [9.17, 15) is 4.79 Å². The van der Waals surface area contributed by atoms with Gasteiger partial charge in [0.2, 0.25) is 0 Å². The maximum Gasteiger partial charge on any atom is 0.340 e. The first-order valence-electron chi connectivity index (χ1n) is 6.37. The number of nitrogen functional groups attached to an aromatic ring is 1. The van der Waals surface area contributed by atoms with E-state index in [0.717, 1.165) is 5.56 Å². The van der Waals surface area contributed by atoms with Crippen LogP contribution in [0.2, 0.25) is 5.02 Å². The molecule has 0 spiro atoms. The maximum atomic E-state index is 11.8. The molecule has 2 N–H and O–H groups in total.